The van der Waals surface area contributed by atoms with Gasteiger partial charge in [-0.2, -0.15) is 0 Å². The zero-order valence-corrected chi connectivity index (χ0v) is 18.0. The largest absolute Gasteiger partial charge is 0.434 e. The first-order valence-electron chi connectivity index (χ1n) is 10.5. The zero-order chi connectivity index (χ0) is 22.8. The number of benzene rings is 1. The molecule has 3 heterocycles. The summed E-state index contributed by atoms with van der Waals surface area (Å²) in [4.78, 5) is 52.0. The van der Waals surface area contributed by atoms with Crippen LogP contribution < -0.4 is 10.6 Å². The number of fused-ring (bicyclic) bond motifs is 1. The van der Waals surface area contributed by atoms with Crippen LogP contribution in [0.5, 0.6) is 0 Å². The lowest BCUT2D eigenvalue weighted by molar-refractivity contribution is -0.155. The Labute approximate surface area is 189 Å². The summed E-state index contributed by atoms with van der Waals surface area (Å²) < 4.78 is 4.67. The van der Waals surface area contributed by atoms with E-state index in [1.165, 1.54) is 11.0 Å². The Morgan fingerprint density at radius 2 is 1.91 bits per heavy atom. The van der Waals surface area contributed by atoms with E-state index < -0.39 is 42.2 Å². The number of carbonyl (C=O) groups excluding carboxylic acids is 4. The third kappa shape index (κ3) is 4.63. The van der Waals surface area contributed by atoms with Crippen LogP contribution in [0.2, 0.25) is 5.02 Å². The lowest BCUT2D eigenvalue weighted by Crippen LogP contribution is -2.57. The minimum atomic E-state index is -1.40. The van der Waals surface area contributed by atoms with Gasteiger partial charge >= 0.3 is 5.97 Å². The Bertz CT molecular complexity index is 967. The van der Waals surface area contributed by atoms with Crippen molar-refractivity contribution in [1.29, 1.82) is 0 Å². The molecule has 0 spiro atoms. The zero-order valence-electron chi connectivity index (χ0n) is 17.2. The number of hydrogen-bond donors (Lipinski definition) is 3. The molecule has 170 valence electrons. The van der Waals surface area contributed by atoms with Gasteiger partial charge in [-0.25, -0.2) is 0 Å². The highest BCUT2D eigenvalue weighted by atomic mass is 35.5. The molecule has 2 saturated heterocycles. The number of cyclic esters (lactones) is 1. The van der Waals surface area contributed by atoms with Crippen molar-refractivity contribution in [3.8, 4) is 0 Å². The third-order valence-electron chi connectivity index (χ3n) is 6.01. The summed E-state index contributed by atoms with van der Waals surface area (Å²) in [6, 6.07) is 3.81. The van der Waals surface area contributed by atoms with Crippen molar-refractivity contribution < 1.29 is 29.0 Å². The standard InChI is InChI=1S/C22H24ClN3O6/c23-13-5-3-4-12(10-13)19(28)24-15-7-2-1-6-14-8-9-17(26(14)21(15)30)20(29)25-16-11-18(27)32-22(16)31/h1-5,10,14-17,22,31H,6-9,11H2,(H,24,28)(H,25,29)/b2-1-/t14-,15+,16?,17+,22?/m1/s1. The molecule has 10 heteroatoms. The van der Waals surface area contributed by atoms with Gasteiger partial charge in [0, 0.05) is 16.6 Å². The fourth-order valence-electron chi connectivity index (χ4n) is 4.41. The summed E-state index contributed by atoms with van der Waals surface area (Å²) in [6.45, 7) is 0. The Kier molecular flexibility index (Phi) is 6.48. The van der Waals surface area contributed by atoms with Crippen LogP contribution in [0.3, 0.4) is 0 Å². The van der Waals surface area contributed by atoms with Crippen LogP contribution in [-0.2, 0) is 19.1 Å². The van der Waals surface area contributed by atoms with Crippen LogP contribution in [-0.4, -0.2) is 64.2 Å². The second-order valence-electron chi connectivity index (χ2n) is 8.17. The molecular weight excluding hydrogens is 438 g/mol. The van der Waals surface area contributed by atoms with Gasteiger partial charge in [0.25, 0.3) is 5.91 Å². The number of amides is 3. The van der Waals surface area contributed by atoms with E-state index in [1.54, 1.807) is 18.2 Å². The van der Waals surface area contributed by atoms with Gasteiger partial charge in [0.2, 0.25) is 18.1 Å². The molecule has 9 nitrogen and oxygen atoms in total. The van der Waals surface area contributed by atoms with Gasteiger partial charge in [-0.1, -0.05) is 29.8 Å². The molecular formula is C22H24ClN3O6. The number of aliphatic hydroxyl groups excluding tert-OH is 1. The molecule has 0 aromatic heterocycles. The molecule has 0 bridgehead atoms. The van der Waals surface area contributed by atoms with E-state index in [2.05, 4.69) is 15.4 Å². The molecule has 3 aliphatic heterocycles. The first-order chi connectivity index (χ1) is 15.3. The molecule has 0 aliphatic carbocycles. The SMILES string of the molecule is O=C1CC(NC(=O)[C@@H]2CC[C@H]3C/C=C\C[C@H](NC(=O)c4cccc(Cl)c4)C(=O)N32)C(O)O1. The van der Waals surface area contributed by atoms with Crippen molar-refractivity contribution in [3.63, 3.8) is 0 Å². The molecule has 3 amide bonds. The maximum absolute atomic E-state index is 13.4. The van der Waals surface area contributed by atoms with E-state index in [1.807, 2.05) is 12.2 Å². The smallest absolute Gasteiger partial charge is 0.310 e. The fraction of sp³-hybridized carbons (Fsp3) is 0.455. The van der Waals surface area contributed by atoms with Crippen molar-refractivity contribution >= 4 is 35.3 Å². The Balaban J connectivity index is 1.49. The second kappa shape index (κ2) is 9.30. The fourth-order valence-corrected chi connectivity index (χ4v) is 4.60. The number of rotatable bonds is 4. The van der Waals surface area contributed by atoms with Crippen molar-refractivity contribution in [1.82, 2.24) is 15.5 Å². The molecule has 3 N–H and O–H groups in total. The van der Waals surface area contributed by atoms with E-state index in [0.29, 0.717) is 36.3 Å². The summed E-state index contributed by atoms with van der Waals surface area (Å²) in [5.41, 5.74) is 0.337. The number of nitrogens with one attached hydrogen (secondary N) is 2. The monoisotopic (exact) mass is 461 g/mol. The normalized spacial score (nSPS) is 30.7. The first kappa shape index (κ1) is 22.3. The maximum Gasteiger partial charge on any atom is 0.310 e. The highest BCUT2D eigenvalue weighted by molar-refractivity contribution is 6.31. The van der Waals surface area contributed by atoms with Crippen LogP contribution in [0.25, 0.3) is 0 Å². The number of hydrogen-bond acceptors (Lipinski definition) is 6. The predicted molar refractivity (Wildman–Crippen MR) is 113 cm³/mol. The number of carbonyl (C=O) groups is 4. The summed E-state index contributed by atoms with van der Waals surface area (Å²) in [7, 11) is 0. The number of nitrogens with zero attached hydrogens (tertiary/aromatic N) is 1. The van der Waals surface area contributed by atoms with Gasteiger partial charge in [-0.15, -0.1) is 0 Å². The van der Waals surface area contributed by atoms with Gasteiger partial charge in [0.1, 0.15) is 18.1 Å². The number of esters is 1. The predicted octanol–water partition coefficient (Wildman–Crippen LogP) is 0.898. The van der Waals surface area contributed by atoms with Crippen molar-refractivity contribution in [2.75, 3.05) is 0 Å². The second-order valence-corrected chi connectivity index (χ2v) is 8.61. The molecule has 1 aromatic rings. The first-order valence-corrected chi connectivity index (χ1v) is 10.9. The number of halogens is 1. The molecule has 5 atom stereocenters. The minimum absolute atomic E-state index is 0.127. The molecule has 0 radical (unpaired) electrons. The molecule has 3 aliphatic rings. The third-order valence-corrected chi connectivity index (χ3v) is 6.24. The quantitative estimate of drug-likeness (QED) is 0.452. The van der Waals surface area contributed by atoms with Gasteiger partial charge in [0.15, 0.2) is 0 Å². The van der Waals surface area contributed by atoms with Gasteiger partial charge in [0.05, 0.1) is 6.42 Å². The van der Waals surface area contributed by atoms with Crippen LogP contribution >= 0.6 is 11.6 Å². The topological polar surface area (TPSA) is 125 Å². The van der Waals surface area contributed by atoms with E-state index in [4.69, 9.17) is 11.6 Å². The molecule has 1 aromatic carbocycles. The summed E-state index contributed by atoms with van der Waals surface area (Å²) >= 11 is 5.97. The highest BCUT2D eigenvalue weighted by Gasteiger charge is 2.45. The lowest BCUT2D eigenvalue weighted by atomic mass is 10.0. The van der Waals surface area contributed by atoms with Crippen LogP contribution in [0.4, 0.5) is 0 Å². The van der Waals surface area contributed by atoms with Gasteiger partial charge < -0.3 is 25.4 Å². The van der Waals surface area contributed by atoms with Crippen molar-refractivity contribution in [3.05, 3.63) is 47.0 Å². The summed E-state index contributed by atoms with van der Waals surface area (Å²) in [6.07, 6.45) is 4.27. The Morgan fingerprint density at radius 1 is 1.12 bits per heavy atom. The summed E-state index contributed by atoms with van der Waals surface area (Å²) in [5, 5.41) is 15.6. The van der Waals surface area contributed by atoms with Crippen LogP contribution in [0.15, 0.2) is 36.4 Å². The van der Waals surface area contributed by atoms with Gasteiger partial charge in [-0.05, 0) is 43.9 Å². The highest BCUT2D eigenvalue weighted by Crippen LogP contribution is 2.30. The summed E-state index contributed by atoms with van der Waals surface area (Å²) in [5.74, 6) is -1.82. The molecule has 4 rings (SSSR count). The van der Waals surface area contributed by atoms with E-state index in [-0.39, 0.29) is 18.4 Å². The number of aliphatic hydroxyl groups is 1. The molecule has 0 saturated carbocycles. The van der Waals surface area contributed by atoms with Crippen LogP contribution in [0, 0.1) is 0 Å². The van der Waals surface area contributed by atoms with E-state index in [0.717, 1.165) is 0 Å². The Morgan fingerprint density at radius 3 is 2.62 bits per heavy atom. The van der Waals surface area contributed by atoms with Crippen molar-refractivity contribution in [2.24, 2.45) is 0 Å². The molecule has 2 unspecified atom stereocenters. The maximum atomic E-state index is 13.4. The van der Waals surface area contributed by atoms with Crippen molar-refractivity contribution in [2.45, 2.75) is 62.6 Å². The molecule has 32 heavy (non-hydrogen) atoms. The minimum Gasteiger partial charge on any atom is -0.434 e. The lowest BCUT2D eigenvalue weighted by Gasteiger charge is -2.34. The Hall–Kier alpha value is -2.91. The average Bonchev–Trinajstić information content (AvgIpc) is 3.30. The van der Waals surface area contributed by atoms with E-state index >= 15 is 0 Å². The average molecular weight is 462 g/mol. The molecule has 2 fully saturated rings. The van der Waals surface area contributed by atoms with Crippen LogP contribution in [0.1, 0.15) is 42.5 Å². The van der Waals surface area contributed by atoms with Gasteiger partial charge in [-0.3, -0.25) is 19.2 Å². The number of ether oxygens (including phenoxy) is 1. The van der Waals surface area contributed by atoms with E-state index in [9.17, 15) is 24.3 Å².